The molecule has 7 nitrogen and oxygen atoms in total. The first-order valence-corrected chi connectivity index (χ1v) is 10.6. The minimum atomic E-state index is -0.391. The Morgan fingerprint density at radius 1 is 1.17 bits per heavy atom. The maximum absolute atomic E-state index is 12.9. The van der Waals surface area contributed by atoms with Gasteiger partial charge >= 0.3 is 0 Å². The molecule has 30 heavy (non-hydrogen) atoms. The normalized spacial score (nSPS) is 10.9. The Kier molecular flexibility index (Phi) is 5.65. The van der Waals surface area contributed by atoms with Gasteiger partial charge in [0.25, 0.3) is 5.56 Å². The molecule has 0 saturated carbocycles. The van der Waals surface area contributed by atoms with E-state index in [9.17, 15) is 9.59 Å². The third-order valence-corrected chi connectivity index (χ3v) is 5.90. The molecule has 0 aliphatic heterocycles. The van der Waals surface area contributed by atoms with Crippen LogP contribution in [0.2, 0.25) is 0 Å². The van der Waals surface area contributed by atoms with Gasteiger partial charge < -0.3 is 10.1 Å². The number of fused-ring (bicyclic) bond motifs is 1. The fraction of sp³-hybridized carbons (Fsp3) is 0.143. The number of methoxy groups -OCH3 is 1. The molecule has 4 aromatic rings. The van der Waals surface area contributed by atoms with Gasteiger partial charge in [0.15, 0.2) is 5.52 Å². The molecule has 1 N–H and O–H groups in total. The van der Waals surface area contributed by atoms with Gasteiger partial charge in [0.2, 0.25) is 5.91 Å². The minimum absolute atomic E-state index is 0.218. The van der Waals surface area contributed by atoms with Gasteiger partial charge in [-0.25, -0.2) is 9.67 Å². The average Bonchev–Trinajstić information content (AvgIpc) is 3.14. The summed E-state index contributed by atoms with van der Waals surface area (Å²) in [5, 5.41) is 8.04. The highest BCUT2D eigenvalue weighted by Crippen LogP contribution is 2.30. The summed E-state index contributed by atoms with van der Waals surface area (Å²) in [5.74, 6) is 0.372. The summed E-state index contributed by atoms with van der Waals surface area (Å²) in [7, 11) is 1.60. The predicted octanol–water partition coefficient (Wildman–Crippen LogP) is 4.24. The van der Waals surface area contributed by atoms with Crippen molar-refractivity contribution < 1.29 is 9.53 Å². The summed E-state index contributed by atoms with van der Waals surface area (Å²) in [5.41, 5.74) is 1.98. The number of anilines is 1. The fourth-order valence-electron chi connectivity index (χ4n) is 2.98. The van der Waals surface area contributed by atoms with Crippen LogP contribution in [-0.2, 0) is 11.3 Å². The molecule has 2 aromatic carbocycles. The van der Waals surface area contributed by atoms with Gasteiger partial charge in [-0.3, -0.25) is 9.59 Å². The smallest absolute Gasteiger partial charge is 0.294 e. The standard InChI is InChI=1S/C21H17BrN4O3S/c1-12-23-19-20(30-12)18(13-3-9-16(29-2)10-4-13)25-26(21(19)28)11-17(27)24-15-7-5-14(22)6-8-15/h3-10H,11H2,1-2H3,(H,24,27). The summed E-state index contributed by atoms with van der Waals surface area (Å²) in [6.45, 7) is 1.62. The summed E-state index contributed by atoms with van der Waals surface area (Å²) in [6.07, 6.45) is 0. The highest BCUT2D eigenvalue weighted by molar-refractivity contribution is 9.10. The monoisotopic (exact) mass is 484 g/mol. The van der Waals surface area contributed by atoms with Crippen LogP contribution < -0.4 is 15.6 Å². The Hall–Kier alpha value is -3.04. The Balaban J connectivity index is 1.72. The third kappa shape index (κ3) is 4.12. The van der Waals surface area contributed by atoms with Crippen LogP contribution in [0.15, 0.2) is 57.8 Å². The number of aromatic nitrogens is 3. The van der Waals surface area contributed by atoms with E-state index in [-0.39, 0.29) is 12.5 Å². The lowest BCUT2D eigenvalue weighted by Gasteiger charge is -2.10. The first kappa shape index (κ1) is 20.2. The Labute approximate surface area is 184 Å². The molecular formula is C21H17BrN4O3S. The number of benzene rings is 2. The molecule has 0 radical (unpaired) electrons. The van der Waals surface area contributed by atoms with E-state index in [0.29, 0.717) is 21.6 Å². The molecule has 1 amide bonds. The first-order chi connectivity index (χ1) is 14.4. The lowest BCUT2D eigenvalue weighted by atomic mass is 10.1. The molecule has 2 aromatic heterocycles. The number of thiazole rings is 1. The van der Waals surface area contributed by atoms with Gasteiger partial charge in [-0.05, 0) is 55.5 Å². The van der Waals surface area contributed by atoms with E-state index in [1.54, 1.807) is 19.2 Å². The molecular weight excluding hydrogens is 468 g/mol. The number of carbonyl (C=O) groups is 1. The number of nitrogens with one attached hydrogen (secondary N) is 1. The SMILES string of the molecule is COc1ccc(-c2nn(CC(=O)Nc3ccc(Br)cc3)c(=O)c3nc(C)sc23)cc1. The van der Waals surface area contributed by atoms with Crippen LogP contribution in [0.3, 0.4) is 0 Å². The molecule has 0 aliphatic carbocycles. The number of nitrogens with zero attached hydrogens (tertiary/aromatic N) is 3. The number of aryl methyl sites for hydroxylation is 1. The van der Waals surface area contributed by atoms with Crippen molar-refractivity contribution in [2.45, 2.75) is 13.5 Å². The van der Waals surface area contributed by atoms with Gasteiger partial charge in [0.05, 0.1) is 16.8 Å². The second kappa shape index (κ2) is 8.37. The molecule has 4 rings (SSSR count). The molecule has 2 heterocycles. The van der Waals surface area contributed by atoms with Crippen LogP contribution >= 0.6 is 27.3 Å². The second-order valence-electron chi connectivity index (χ2n) is 6.51. The van der Waals surface area contributed by atoms with Gasteiger partial charge in [0, 0.05) is 15.7 Å². The van der Waals surface area contributed by atoms with Crippen molar-refractivity contribution >= 4 is 49.1 Å². The van der Waals surface area contributed by atoms with Crippen molar-refractivity contribution in [1.29, 1.82) is 0 Å². The molecule has 0 bridgehead atoms. The van der Waals surface area contributed by atoms with Gasteiger partial charge in [-0.2, -0.15) is 5.10 Å². The van der Waals surface area contributed by atoms with E-state index in [2.05, 4.69) is 31.3 Å². The van der Waals surface area contributed by atoms with Crippen molar-refractivity contribution in [2.75, 3.05) is 12.4 Å². The maximum Gasteiger partial charge on any atom is 0.294 e. The lowest BCUT2D eigenvalue weighted by Crippen LogP contribution is -2.30. The van der Waals surface area contributed by atoms with Gasteiger partial charge in [0.1, 0.15) is 18.0 Å². The Bertz CT molecular complexity index is 1280. The molecule has 0 spiro atoms. The average molecular weight is 485 g/mol. The van der Waals surface area contributed by atoms with E-state index in [4.69, 9.17) is 4.74 Å². The van der Waals surface area contributed by atoms with Crippen molar-refractivity contribution in [3.63, 3.8) is 0 Å². The number of hydrogen-bond acceptors (Lipinski definition) is 6. The molecule has 0 aliphatic rings. The minimum Gasteiger partial charge on any atom is -0.497 e. The van der Waals surface area contributed by atoms with E-state index in [1.807, 2.05) is 43.3 Å². The predicted molar refractivity (Wildman–Crippen MR) is 121 cm³/mol. The van der Waals surface area contributed by atoms with Crippen molar-refractivity contribution in [3.05, 3.63) is 68.4 Å². The van der Waals surface area contributed by atoms with E-state index >= 15 is 0 Å². The van der Waals surface area contributed by atoms with Crippen molar-refractivity contribution in [2.24, 2.45) is 0 Å². The van der Waals surface area contributed by atoms with Gasteiger partial charge in [-0.15, -0.1) is 11.3 Å². The number of rotatable bonds is 5. The van der Waals surface area contributed by atoms with Crippen LogP contribution in [0.1, 0.15) is 5.01 Å². The number of ether oxygens (including phenoxy) is 1. The van der Waals surface area contributed by atoms with Crippen LogP contribution in [0.5, 0.6) is 5.75 Å². The topological polar surface area (TPSA) is 86.1 Å². The second-order valence-corrected chi connectivity index (χ2v) is 8.62. The number of carbonyl (C=O) groups excluding carboxylic acids is 1. The zero-order chi connectivity index (χ0) is 21.3. The van der Waals surface area contributed by atoms with Crippen LogP contribution in [0.4, 0.5) is 5.69 Å². The maximum atomic E-state index is 12.9. The van der Waals surface area contributed by atoms with E-state index in [1.165, 1.54) is 11.3 Å². The zero-order valence-electron chi connectivity index (χ0n) is 16.2. The number of hydrogen-bond donors (Lipinski definition) is 1. The van der Waals surface area contributed by atoms with Crippen LogP contribution in [0, 0.1) is 6.92 Å². The first-order valence-electron chi connectivity index (χ1n) is 9.02. The summed E-state index contributed by atoms with van der Waals surface area (Å²) < 4.78 is 7.99. The molecule has 9 heteroatoms. The Morgan fingerprint density at radius 2 is 1.87 bits per heavy atom. The number of halogens is 1. The quantitative estimate of drug-likeness (QED) is 0.457. The highest BCUT2D eigenvalue weighted by Gasteiger charge is 2.18. The van der Waals surface area contributed by atoms with Crippen molar-refractivity contribution in [3.8, 4) is 17.0 Å². The molecule has 152 valence electrons. The summed E-state index contributed by atoms with van der Waals surface area (Å²) >= 11 is 4.76. The fourth-order valence-corrected chi connectivity index (χ4v) is 4.16. The van der Waals surface area contributed by atoms with Gasteiger partial charge in [-0.1, -0.05) is 15.9 Å². The van der Waals surface area contributed by atoms with Crippen LogP contribution in [0.25, 0.3) is 21.5 Å². The largest absolute Gasteiger partial charge is 0.497 e. The third-order valence-electron chi connectivity index (χ3n) is 4.39. The van der Waals surface area contributed by atoms with Crippen molar-refractivity contribution in [1.82, 2.24) is 14.8 Å². The molecule has 0 unspecified atom stereocenters. The molecule has 0 saturated heterocycles. The van der Waals surface area contributed by atoms with Crippen LogP contribution in [-0.4, -0.2) is 27.8 Å². The summed E-state index contributed by atoms with van der Waals surface area (Å²) in [4.78, 5) is 29.8. The highest BCUT2D eigenvalue weighted by atomic mass is 79.9. The molecule has 0 atom stereocenters. The lowest BCUT2D eigenvalue weighted by molar-refractivity contribution is -0.117. The number of amides is 1. The van der Waals surface area contributed by atoms with E-state index in [0.717, 1.165) is 25.5 Å². The Morgan fingerprint density at radius 3 is 2.53 bits per heavy atom. The summed E-state index contributed by atoms with van der Waals surface area (Å²) in [6, 6.07) is 14.6. The molecule has 0 fully saturated rings. The van der Waals surface area contributed by atoms with E-state index < -0.39 is 5.56 Å². The zero-order valence-corrected chi connectivity index (χ0v) is 18.6.